The van der Waals surface area contributed by atoms with Crippen LogP contribution in [-0.4, -0.2) is 40.5 Å². The highest BCUT2D eigenvalue weighted by atomic mass is 16.1. The molecule has 1 atom stereocenters. The number of piperidine rings is 1. The lowest BCUT2D eigenvalue weighted by molar-refractivity contribution is 0.194. The van der Waals surface area contributed by atoms with Gasteiger partial charge in [-0.05, 0) is 45.0 Å². The standard InChI is InChI=1S/C16H22N4O/c1-12-5-6-15-18-13(8-16(21)20(15)10-12)11-19(2)14-4-3-7-17-9-14/h5-6,8,10,14,17H,3-4,7,9,11H2,1-2H3. The molecule has 0 aromatic carbocycles. The van der Waals surface area contributed by atoms with E-state index in [1.54, 1.807) is 10.5 Å². The number of hydrogen-bond acceptors (Lipinski definition) is 4. The van der Waals surface area contributed by atoms with Crippen molar-refractivity contribution in [2.75, 3.05) is 20.1 Å². The van der Waals surface area contributed by atoms with Crippen molar-refractivity contribution >= 4 is 5.65 Å². The first-order valence-electron chi connectivity index (χ1n) is 7.53. The molecule has 21 heavy (non-hydrogen) atoms. The number of nitrogens with zero attached hydrogens (tertiary/aromatic N) is 3. The molecular weight excluding hydrogens is 264 g/mol. The molecule has 3 heterocycles. The van der Waals surface area contributed by atoms with E-state index in [0.717, 1.165) is 30.0 Å². The van der Waals surface area contributed by atoms with Crippen molar-refractivity contribution in [2.24, 2.45) is 0 Å². The van der Waals surface area contributed by atoms with E-state index in [1.807, 2.05) is 25.3 Å². The molecule has 5 nitrogen and oxygen atoms in total. The van der Waals surface area contributed by atoms with Crippen molar-refractivity contribution in [1.82, 2.24) is 19.6 Å². The van der Waals surface area contributed by atoms with Crippen LogP contribution in [0.3, 0.4) is 0 Å². The number of aromatic nitrogens is 2. The van der Waals surface area contributed by atoms with Crippen molar-refractivity contribution in [3.63, 3.8) is 0 Å². The Morgan fingerprint density at radius 2 is 2.33 bits per heavy atom. The SMILES string of the molecule is Cc1ccc2nc(CN(C)C3CCCNC3)cc(=O)n2c1. The van der Waals surface area contributed by atoms with Gasteiger partial charge in [-0.3, -0.25) is 14.1 Å². The summed E-state index contributed by atoms with van der Waals surface area (Å²) in [6.07, 6.45) is 4.25. The van der Waals surface area contributed by atoms with Gasteiger partial charge in [-0.2, -0.15) is 0 Å². The van der Waals surface area contributed by atoms with Crippen LogP contribution in [0.4, 0.5) is 0 Å². The summed E-state index contributed by atoms with van der Waals surface area (Å²) in [7, 11) is 2.11. The molecule has 3 rings (SSSR count). The molecule has 2 aromatic rings. The Bertz CT molecular complexity index is 688. The first-order valence-corrected chi connectivity index (χ1v) is 7.53. The zero-order valence-electron chi connectivity index (χ0n) is 12.7. The first kappa shape index (κ1) is 14.2. The van der Waals surface area contributed by atoms with E-state index in [4.69, 9.17) is 0 Å². The second-order valence-corrected chi connectivity index (χ2v) is 5.94. The normalized spacial score (nSPS) is 19.3. The molecule has 112 valence electrons. The third-order valence-corrected chi connectivity index (χ3v) is 4.17. The Labute approximate surface area is 124 Å². The molecule has 0 amide bonds. The third-order valence-electron chi connectivity index (χ3n) is 4.17. The van der Waals surface area contributed by atoms with E-state index < -0.39 is 0 Å². The quantitative estimate of drug-likeness (QED) is 0.921. The van der Waals surface area contributed by atoms with Crippen molar-refractivity contribution in [3.05, 3.63) is 46.0 Å². The summed E-state index contributed by atoms with van der Waals surface area (Å²) in [5.41, 5.74) is 2.62. The highest BCUT2D eigenvalue weighted by Crippen LogP contribution is 2.11. The second kappa shape index (κ2) is 5.95. The zero-order valence-corrected chi connectivity index (χ0v) is 12.7. The minimum absolute atomic E-state index is 0.00568. The van der Waals surface area contributed by atoms with Crippen LogP contribution in [0.1, 0.15) is 24.1 Å². The van der Waals surface area contributed by atoms with E-state index in [0.29, 0.717) is 12.6 Å². The van der Waals surface area contributed by atoms with Gasteiger partial charge in [-0.1, -0.05) is 6.07 Å². The Morgan fingerprint density at radius 1 is 1.48 bits per heavy atom. The summed E-state index contributed by atoms with van der Waals surface area (Å²) < 4.78 is 1.61. The molecule has 0 aliphatic carbocycles. The highest BCUT2D eigenvalue weighted by molar-refractivity contribution is 5.39. The summed E-state index contributed by atoms with van der Waals surface area (Å²) in [6, 6.07) is 6.07. The fourth-order valence-electron chi connectivity index (χ4n) is 2.93. The van der Waals surface area contributed by atoms with Gasteiger partial charge in [0.15, 0.2) is 0 Å². The molecule has 1 unspecified atom stereocenters. The highest BCUT2D eigenvalue weighted by Gasteiger charge is 2.18. The van der Waals surface area contributed by atoms with Gasteiger partial charge in [-0.15, -0.1) is 0 Å². The van der Waals surface area contributed by atoms with Gasteiger partial charge in [0, 0.05) is 31.4 Å². The summed E-state index contributed by atoms with van der Waals surface area (Å²) in [6.45, 7) is 4.82. The molecule has 2 aromatic heterocycles. The van der Waals surface area contributed by atoms with E-state index in [-0.39, 0.29) is 5.56 Å². The van der Waals surface area contributed by atoms with Gasteiger partial charge >= 0.3 is 0 Å². The maximum Gasteiger partial charge on any atom is 0.258 e. The lowest BCUT2D eigenvalue weighted by atomic mass is 10.1. The zero-order chi connectivity index (χ0) is 14.8. The molecule has 0 spiro atoms. The monoisotopic (exact) mass is 286 g/mol. The molecule has 0 saturated carbocycles. The fraction of sp³-hybridized carbons (Fsp3) is 0.500. The number of pyridine rings is 1. The summed E-state index contributed by atoms with van der Waals surface area (Å²) in [5, 5.41) is 3.42. The van der Waals surface area contributed by atoms with Crippen LogP contribution in [0.5, 0.6) is 0 Å². The molecular formula is C16H22N4O. The van der Waals surface area contributed by atoms with Gasteiger partial charge in [0.25, 0.3) is 5.56 Å². The van der Waals surface area contributed by atoms with E-state index in [9.17, 15) is 4.79 Å². The summed E-state index contributed by atoms with van der Waals surface area (Å²) >= 11 is 0. The third kappa shape index (κ3) is 3.14. The topological polar surface area (TPSA) is 49.6 Å². The Hall–Kier alpha value is -1.72. The molecule has 5 heteroatoms. The fourth-order valence-corrected chi connectivity index (χ4v) is 2.93. The van der Waals surface area contributed by atoms with Gasteiger partial charge in [-0.25, -0.2) is 4.98 Å². The van der Waals surface area contributed by atoms with Crippen LogP contribution in [0.25, 0.3) is 5.65 Å². The number of rotatable bonds is 3. The number of fused-ring (bicyclic) bond motifs is 1. The largest absolute Gasteiger partial charge is 0.315 e. The van der Waals surface area contributed by atoms with Crippen LogP contribution in [0.15, 0.2) is 29.2 Å². The maximum atomic E-state index is 12.2. The average Bonchev–Trinajstić information content (AvgIpc) is 2.49. The minimum atomic E-state index is -0.00568. The van der Waals surface area contributed by atoms with E-state index in [1.165, 1.54) is 12.8 Å². The number of hydrogen-bond donors (Lipinski definition) is 1. The van der Waals surface area contributed by atoms with Crippen LogP contribution < -0.4 is 10.9 Å². The van der Waals surface area contributed by atoms with Crippen LogP contribution >= 0.6 is 0 Å². The van der Waals surface area contributed by atoms with Crippen molar-refractivity contribution in [1.29, 1.82) is 0 Å². The van der Waals surface area contributed by atoms with Crippen LogP contribution in [-0.2, 0) is 6.54 Å². The van der Waals surface area contributed by atoms with E-state index >= 15 is 0 Å². The summed E-state index contributed by atoms with van der Waals surface area (Å²) in [4.78, 5) is 19.1. The van der Waals surface area contributed by atoms with Gasteiger partial charge in [0.1, 0.15) is 5.65 Å². The molecule has 1 fully saturated rings. The van der Waals surface area contributed by atoms with Gasteiger partial charge in [0.05, 0.1) is 5.69 Å². The molecule has 1 aliphatic rings. The van der Waals surface area contributed by atoms with Crippen molar-refractivity contribution in [2.45, 2.75) is 32.4 Å². The lowest BCUT2D eigenvalue weighted by Gasteiger charge is -2.31. The Balaban J connectivity index is 1.84. The average molecular weight is 286 g/mol. The Morgan fingerprint density at radius 3 is 3.10 bits per heavy atom. The van der Waals surface area contributed by atoms with Gasteiger partial charge < -0.3 is 5.32 Å². The predicted octanol–water partition coefficient (Wildman–Crippen LogP) is 1.19. The number of likely N-dealkylation sites (N-methyl/N-ethyl adjacent to an activating group) is 1. The maximum absolute atomic E-state index is 12.2. The van der Waals surface area contributed by atoms with Crippen molar-refractivity contribution < 1.29 is 0 Å². The minimum Gasteiger partial charge on any atom is -0.315 e. The smallest absolute Gasteiger partial charge is 0.258 e. The second-order valence-electron chi connectivity index (χ2n) is 5.94. The molecule has 0 radical (unpaired) electrons. The van der Waals surface area contributed by atoms with Gasteiger partial charge in [0.2, 0.25) is 0 Å². The Kier molecular flexibility index (Phi) is 4.03. The lowest BCUT2D eigenvalue weighted by Crippen LogP contribution is -2.43. The molecule has 1 aliphatic heterocycles. The predicted molar refractivity (Wildman–Crippen MR) is 83.6 cm³/mol. The molecule has 1 N–H and O–H groups in total. The van der Waals surface area contributed by atoms with Crippen LogP contribution in [0.2, 0.25) is 0 Å². The van der Waals surface area contributed by atoms with Crippen molar-refractivity contribution in [3.8, 4) is 0 Å². The van der Waals surface area contributed by atoms with Crippen LogP contribution in [0, 0.1) is 6.92 Å². The van der Waals surface area contributed by atoms with E-state index in [2.05, 4.69) is 22.2 Å². The molecule has 1 saturated heterocycles. The number of nitrogens with one attached hydrogen (secondary N) is 1. The summed E-state index contributed by atoms with van der Waals surface area (Å²) in [5.74, 6) is 0. The molecule has 0 bridgehead atoms. The number of aryl methyl sites for hydroxylation is 1. The first-order chi connectivity index (χ1) is 10.1.